The number of nitro groups is 3. The largest absolute Gasteiger partial charge is 0.471 e. The first-order valence-electron chi connectivity index (χ1n) is 6.02. The summed E-state index contributed by atoms with van der Waals surface area (Å²) in [6.07, 6.45) is 0.993. The molecule has 12 nitrogen and oxygen atoms in total. The van der Waals surface area contributed by atoms with E-state index < -0.39 is 38.5 Å². The molecule has 0 aliphatic rings. The zero-order valence-corrected chi connectivity index (χ0v) is 11.6. The molecular weight excluding hydrogens is 314 g/mol. The quantitative estimate of drug-likeness (QED) is 0.574. The molecule has 1 aromatic heterocycles. The van der Waals surface area contributed by atoms with Crippen LogP contribution in [0.4, 0.5) is 17.2 Å². The standard InChI is InChI=1S/C11H9N5O7/c1-13-9(12-5-10(13)16(21)22)6-23-11-7(14(17)18)3-2-4-8(11)15(19)20/h2-5H,6H2,1H3. The Morgan fingerprint density at radius 2 is 1.65 bits per heavy atom. The van der Waals surface area contributed by atoms with Crippen molar-refractivity contribution in [2.24, 2.45) is 7.05 Å². The molecule has 0 amide bonds. The molecule has 0 spiro atoms. The number of rotatable bonds is 6. The lowest BCUT2D eigenvalue weighted by Crippen LogP contribution is -2.07. The first-order chi connectivity index (χ1) is 10.8. The lowest BCUT2D eigenvalue weighted by Gasteiger charge is -2.05. The van der Waals surface area contributed by atoms with Gasteiger partial charge in [0.2, 0.25) is 5.82 Å². The Morgan fingerprint density at radius 1 is 1.09 bits per heavy atom. The van der Waals surface area contributed by atoms with Gasteiger partial charge in [-0.15, -0.1) is 0 Å². The minimum Gasteiger partial charge on any atom is -0.471 e. The highest BCUT2D eigenvalue weighted by molar-refractivity contribution is 5.59. The minimum atomic E-state index is -0.816. The van der Waals surface area contributed by atoms with E-state index in [4.69, 9.17) is 4.74 Å². The molecular formula is C11H9N5O7. The van der Waals surface area contributed by atoms with E-state index in [1.165, 1.54) is 7.05 Å². The molecule has 0 unspecified atom stereocenters. The number of benzene rings is 1. The van der Waals surface area contributed by atoms with Crippen LogP contribution in [-0.4, -0.2) is 24.3 Å². The van der Waals surface area contributed by atoms with Crippen molar-refractivity contribution < 1.29 is 19.5 Å². The molecule has 0 N–H and O–H groups in total. The van der Waals surface area contributed by atoms with Gasteiger partial charge in [0.1, 0.15) is 6.20 Å². The molecule has 2 rings (SSSR count). The van der Waals surface area contributed by atoms with E-state index in [9.17, 15) is 30.3 Å². The monoisotopic (exact) mass is 323 g/mol. The third-order valence-electron chi connectivity index (χ3n) is 2.96. The van der Waals surface area contributed by atoms with Crippen LogP contribution in [0.3, 0.4) is 0 Å². The third-order valence-corrected chi connectivity index (χ3v) is 2.96. The van der Waals surface area contributed by atoms with Crippen LogP contribution in [0.25, 0.3) is 0 Å². The van der Waals surface area contributed by atoms with Gasteiger partial charge in [-0.05, 0) is 11.0 Å². The maximum atomic E-state index is 11.0. The van der Waals surface area contributed by atoms with Gasteiger partial charge in [-0.1, -0.05) is 0 Å². The van der Waals surface area contributed by atoms with E-state index in [2.05, 4.69) is 4.98 Å². The Morgan fingerprint density at radius 3 is 2.09 bits per heavy atom. The smallest absolute Gasteiger partial charge is 0.342 e. The van der Waals surface area contributed by atoms with Crippen molar-refractivity contribution in [2.75, 3.05) is 0 Å². The lowest BCUT2D eigenvalue weighted by molar-refractivity contribution is -0.396. The molecule has 0 saturated carbocycles. The number of nitro benzene ring substituents is 2. The normalized spacial score (nSPS) is 10.3. The topological polar surface area (TPSA) is 156 Å². The highest BCUT2D eigenvalue weighted by atomic mass is 16.6. The summed E-state index contributed by atoms with van der Waals surface area (Å²) in [4.78, 5) is 34.1. The van der Waals surface area contributed by atoms with Gasteiger partial charge in [-0.25, -0.2) is 9.55 Å². The van der Waals surface area contributed by atoms with Crippen molar-refractivity contribution in [1.82, 2.24) is 9.55 Å². The first kappa shape index (κ1) is 15.8. The fourth-order valence-corrected chi connectivity index (χ4v) is 1.83. The zero-order chi connectivity index (χ0) is 17.1. The van der Waals surface area contributed by atoms with Gasteiger partial charge < -0.3 is 14.9 Å². The van der Waals surface area contributed by atoms with Crippen molar-refractivity contribution in [3.63, 3.8) is 0 Å². The van der Waals surface area contributed by atoms with E-state index in [1.807, 2.05) is 0 Å². The van der Waals surface area contributed by atoms with Gasteiger partial charge in [0.15, 0.2) is 6.61 Å². The molecule has 0 saturated heterocycles. The summed E-state index contributed by atoms with van der Waals surface area (Å²) >= 11 is 0. The molecule has 0 radical (unpaired) electrons. The van der Waals surface area contributed by atoms with Crippen molar-refractivity contribution in [3.8, 4) is 5.75 Å². The SMILES string of the molecule is Cn1c([N+](=O)[O-])cnc1COc1c([N+](=O)[O-])cccc1[N+](=O)[O-]. The van der Waals surface area contributed by atoms with Crippen LogP contribution >= 0.6 is 0 Å². The summed E-state index contributed by atoms with van der Waals surface area (Å²) in [6.45, 7) is -0.407. The van der Waals surface area contributed by atoms with Gasteiger partial charge in [-0.3, -0.25) is 20.2 Å². The van der Waals surface area contributed by atoms with Crippen molar-refractivity contribution in [2.45, 2.75) is 6.61 Å². The van der Waals surface area contributed by atoms with E-state index >= 15 is 0 Å². The Labute approximate surface area is 127 Å². The Bertz CT molecular complexity index is 768. The van der Waals surface area contributed by atoms with E-state index in [1.54, 1.807) is 0 Å². The number of aromatic nitrogens is 2. The molecule has 1 aromatic carbocycles. The first-order valence-corrected chi connectivity index (χ1v) is 6.02. The van der Waals surface area contributed by atoms with Crippen molar-refractivity contribution >= 4 is 17.2 Å². The molecule has 0 bridgehead atoms. The minimum absolute atomic E-state index is 0.0872. The summed E-state index contributed by atoms with van der Waals surface area (Å²) in [7, 11) is 1.36. The molecule has 0 aliphatic carbocycles. The summed E-state index contributed by atoms with van der Waals surface area (Å²) in [5.74, 6) is -0.752. The Hall–Kier alpha value is -3.57. The van der Waals surface area contributed by atoms with Crippen LogP contribution in [0.5, 0.6) is 5.75 Å². The fourth-order valence-electron chi connectivity index (χ4n) is 1.83. The number of hydrogen-bond acceptors (Lipinski definition) is 8. The van der Waals surface area contributed by atoms with E-state index in [0.717, 1.165) is 29.0 Å². The molecule has 0 fully saturated rings. The predicted octanol–water partition coefficient (Wildman–Crippen LogP) is 1.72. The van der Waals surface area contributed by atoms with Gasteiger partial charge >= 0.3 is 17.2 Å². The van der Waals surface area contributed by atoms with Crippen LogP contribution in [0.2, 0.25) is 0 Å². The number of imidazole rings is 1. The maximum Gasteiger partial charge on any atom is 0.342 e. The van der Waals surface area contributed by atoms with Crippen LogP contribution in [0, 0.1) is 30.3 Å². The zero-order valence-electron chi connectivity index (χ0n) is 11.6. The highest BCUT2D eigenvalue weighted by Gasteiger charge is 2.27. The van der Waals surface area contributed by atoms with Crippen molar-refractivity contribution in [1.29, 1.82) is 0 Å². The number of hydrogen-bond donors (Lipinski definition) is 0. The molecule has 120 valence electrons. The number of nitrogens with zero attached hydrogens (tertiary/aromatic N) is 5. The van der Waals surface area contributed by atoms with Crippen LogP contribution in [0.15, 0.2) is 24.4 Å². The van der Waals surface area contributed by atoms with Gasteiger partial charge in [-0.2, -0.15) is 0 Å². The fraction of sp³-hybridized carbons (Fsp3) is 0.182. The molecule has 0 atom stereocenters. The van der Waals surface area contributed by atoms with Crippen molar-refractivity contribution in [3.05, 3.63) is 60.6 Å². The summed E-state index contributed by atoms with van der Waals surface area (Å²) in [5, 5.41) is 32.6. The number of para-hydroxylation sites is 1. The van der Waals surface area contributed by atoms with Crippen LogP contribution in [-0.2, 0) is 13.7 Å². The molecule has 12 heteroatoms. The van der Waals surface area contributed by atoms with Gasteiger partial charge in [0.05, 0.1) is 16.9 Å². The van der Waals surface area contributed by atoms with E-state index in [0.29, 0.717) is 0 Å². The van der Waals surface area contributed by atoms with E-state index in [-0.39, 0.29) is 11.6 Å². The second-order valence-corrected chi connectivity index (χ2v) is 4.28. The Balaban J connectivity index is 2.35. The Kier molecular flexibility index (Phi) is 4.16. The summed E-state index contributed by atoms with van der Waals surface area (Å²) in [6, 6.07) is 3.28. The number of ether oxygens (including phenoxy) is 1. The summed E-state index contributed by atoms with van der Waals surface area (Å²) in [5.41, 5.74) is -1.16. The lowest BCUT2D eigenvalue weighted by atomic mass is 10.2. The average Bonchev–Trinajstić information content (AvgIpc) is 2.85. The van der Waals surface area contributed by atoms with Gasteiger partial charge in [0, 0.05) is 12.1 Å². The second kappa shape index (κ2) is 6.05. The maximum absolute atomic E-state index is 11.0. The third kappa shape index (κ3) is 3.04. The molecule has 1 heterocycles. The molecule has 0 aliphatic heterocycles. The highest BCUT2D eigenvalue weighted by Crippen LogP contribution is 2.36. The van der Waals surface area contributed by atoms with Gasteiger partial charge in [0.25, 0.3) is 5.75 Å². The second-order valence-electron chi connectivity index (χ2n) is 4.28. The predicted molar refractivity (Wildman–Crippen MR) is 73.9 cm³/mol. The van der Waals surface area contributed by atoms with Crippen LogP contribution < -0.4 is 4.74 Å². The van der Waals surface area contributed by atoms with Crippen LogP contribution in [0.1, 0.15) is 5.82 Å². The summed E-state index contributed by atoms with van der Waals surface area (Å²) < 4.78 is 6.27. The molecule has 2 aromatic rings. The molecule has 23 heavy (non-hydrogen) atoms. The average molecular weight is 323 g/mol.